The number of phenols is 1. The summed E-state index contributed by atoms with van der Waals surface area (Å²) in [6.07, 6.45) is 1.65. The van der Waals surface area contributed by atoms with E-state index in [1.165, 1.54) is 0 Å². The van der Waals surface area contributed by atoms with Gasteiger partial charge in [0.2, 0.25) is 0 Å². The maximum atomic E-state index is 9.47. The standard InChI is InChI=1S/C10H8Br2O2/c1-5-6-2-3-8(13)9(12)10(6)14-4-7(5)11/h2-5,13H,1H3. The summed E-state index contributed by atoms with van der Waals surface area (Å²) in [4.78, 5) is 0. The zero-order valence-corrected chi connectivity index (χ0v) is 10.6. The third-order valence-electron chi connectivity index (χ3n) is 2.28. The molecule has 1 atom stereocenters. The second-order valence-corrected chi connectivity index (χ2v) is 4.87. The molecule has 1 heterocycles. The van der Waals surface area contributed by atoms with Crippen molar-refractivity contribution in [2.75, 3.05) is 0 Å². The number of halogens is 2. The number of hydrogen-bond donors (Lipinski definition) is 1. The van der Waals surface area contributed by atoms with Gasteiger partial charge in [0.15, 0.2) is 0 Å². The van der Waals surface area contributed by atoms with E-state index in [4.69, 9.17) is 4.74 Å². The van der Waals surface area contributed by atoms with E-state index in [-0.39, 0.29) is 11.7 Å². The number of allylic oxidation sites excluding steroid dienone is 1. The van der Waals surface area contributed by atoms with Crippen molar-refractivity contribution >= 4 is 31.9 Å². The summed E-state index contributed by atoms with van der Waals surface area (Å²) in [5.41, 5.74) is 1.06. The SMILES string of the molecule is CC1C(Br)=COc2c1ccc(O)c2Br. The van der Waals surface area contributed by atoms with Crippen LogP contribution in [0.2, 0.25) is 0 Å². The first-order valence-electron chi connectivity index (χ1n) is 4.15. The van der Waals surface area contributed by atoms with Crippen molar-refractivity contribution in [1.29, 1.82) is 0 Å². The van der Waals surface area contributed by atoms with Crippen molar-refractivity contribution in [3.8, 4) is 11.5 Å². The Morgan fingerprint density at radius 2 is 2.07 bits per heavy atom. The molecule has 1 unspecified atom stereocenters. The lowest BCUT2D eigenvalue weighted by molar-refractivity contribution is 0.432. The molecule has 0 saturated heterocycles. The van der Waals surface area contributed by atoms with Crippen LogP contribution in [0.4, 0.5) is 0 Å². The van der Waals surface area contributed by atoms with Gasteiger partial charge < -0.3 is 9.84 Å². The van der Waals surface area contributed by atoms with Crippen LogP contribution in [0.15, 0.2) is 27.3 Å². The van der Waals surface area contributed by atoms with Crippen LogP contribution in [0, 0.1) is 0 Å². The van der Waals surface area contributed by atoms with Crippen LogP contribution < -0.4 is 4.74 Å². The molecule has 0 aromatic heterocycles. The average Bonchev–Trinajstić information content (AvgIpc) is 2.17. The number of phenolic OH excluding ortho intramolecular Hbond substituents is 1. The molecule has 2 rings (SSSR count). The Bertz CT molecular complexity index is 413. The van der Waals surface area contributed by atoms with E-state index >= 15 is 0 Å². The average molecular weight is 320 g/mol. The lowest BCUT2D eigenvalue weighted by atomic mass is 9.98. The van der Waals surface area contributed by atoms with Crippen LogP contribution in [-0.4, -0.2) is 5.11 Å². The normalized spacial score (nSPS) is 19.6. The number of rotatable bonds is 0. The predicted octanol–water partition coefficient (Wildman–Crippen LogP) is 3.89. The van der Waals surface area contributed by atoms with Gasteiger partial charge in [-0.2, -0.15) is 0 Å². The highest BCUT2D eigenvalue weighted by molar-refractivity contribution is 9.11. The fourth-order valence-electron chi connectivity index (χ4n) is 1.39. The molecule has 1 aliphatic rings. The van der Waals surface area contributed by atoms with Gasteiger partial charge in [0.05, 0.1) is 0 Å². The molecule has 1 aromatic rings. The highest BCUT2D eigenvalue weighted by Crippen LogP contribution is 2.45. The molecular formula is C10H8Br2O2. The Kier molecular flexibility index (Phi) is 2.58. The van der Waals surface area contributed by atoms with Gasteiger partial charge in [-0.15, -0.1) is 0 Å². The quantitative estimate of drug-likeness (QED) is 0.786. The summed E-state index contributed by atoms with van der Waals surface area (Å²) < 4.78 is 7.01. The smallest absolute Gasteiger partial charge is 0.148 e. The summed E-state index contributed by atoms with van der Waals surface area (Å²) in [6.45, 7) is 2.07. The first-order valence-corrected chi connectivity index (χ1v) is 5.73. The number of fused-ring (bicyclic) bond motifs is 1. The van der Waals surface area contributed by atoms with Crippen LogP contribution in [0.25, 0.3) is 0 Å². The number of aromatic hydroxyl groups is 1. The van der Waals surface area contributed by atoms with E-state index in [9.17, 15) is 5.11 Å². The molecule has 4 heteroatoms. The van der Waals surface area contributed by atoms with Crippen LogP contribution in [-0.2, 0) is 0 Å². The molecule has 2 nitrogen and oxygen atoms in total. The fraction of sp³-hybridized carbons (Fsp3) is 0.200. The molecule has 14 heavy (non-hydrogen) atoms. The van der Waals surface area contributed by atoms with Gasteiger partial charge in [-0.05, 0) is 22.0 Å². The molecule has 0 radical (unpaired) electrons. The Hall–Kier alpha value is -0.480. The number of benzene rings is 1. The van der Waals surface area contributed by atoms with Crippen molar-refractivity contribution < 1.29 is 9.84 Å². The monoisotopic (exact) mass is 318 g/mol. The minimum atomic E-state index is 0.197. The zero-order valence-electron chi connectivity index (χ0n) is 7.42. The fourth-order valence-corrected chi connectivity index (χ4v) is 2.18. The second-order valence-electron chi connectivity index (χ2n) is 3.16. The summed E-state index contributed by atoms with van der Waals surface area (Å²) in [5, 5.41) is 9.47. The third-order valence-corrected chi connectivity index (χ3v) is 3.92. The summed E-state index contributed by atoms with van der Waals surface area (Å²) in [5.74, 6) is 1.15. The highest BCUT2D eigenvalue weighted by Gasteiger charge is 2.22. The first kappa shape index (κ1) is 10.1. The molecule has 1 N–H and O–H groups in total. The molecule has 0 bridgehead atoms. The van der Waals surface area contributed by atoms with E-state index in [1.807, 2.05) is 6.07 Å². The van der Waals surface area contributed by atoms with Gasteiger partial charge in [0.1, 0.15) is 22.2 Å². The van der Waals surface area contributed by atoms with Gasteiger partial charge in [0.25, 0.3) is 0 Å². The molecule has 74 valence electrons. The number of hydrogen-bond acceptors (Lipinski definition) is 2. The van der Waals surface area contributed by atoms with E-state index in [0.717, 1.165) is 10.0 Å². The molecule has 0 spiro atoms. The van der Waals surface area contributed by atoms with E-state index in [0.29, 0.717) is 10.2 Å². The van der Waals surface area contributed by atoms with Crippen LogP contribution in [0.3, 0.4) is 0 Å². The van der Waals surface area contributed by atoms with Crippen LogP contribution >= 0.6 is 31.9 Å². The van der Waals surface area contributed by atoms with Gasteiger partial charge in [-0.1, -0.05) is 28.9 Å². The van der Waals surface area contributed by atoms with Crippen molar-refractivity contribution in [2.45, 2.75) is 12.8 Å². The highest BCUT2D eigenvalue weighted by atomic mass is 79.9. The predicted molar refractivity (Wildman–Crippen MR) is 61.9 cm³/mol. The molecule has 0 aliphatic carbocycles. The Balaban J connectivity index is 2.59. The van der Waals surface area contributed by atoms with Crippen LogP contribution in [0.1, 0.15) is 18.4 Å². The number of ether oxygens (including phenoxy) is 1. The molecule has 1 aliphatic heterocycles. The van der Waals surface area contributed by atoms with Crippen LogP contribution in [0.5, 0.6) is 11.5 Å². The summed E-state index contributed by atoms with van der Waals surface area (Å²) >= 11 is 6.72. The van der Waals surface area contributed by atoms with Crippen molar-refractivity contribution in [2.24, 2.45) is 0 Å². The minimum Gasteiger partial charge on any atom is -0.507 e. The van der Waals surface area contributed by atoms with Gasteiger partial charge in [0, 0.05) is 16.0 Å². The third kappa shape index (κ3) is 1.46. The topological polar surface area (TPSA) is 29.5 Å². The molecular weight excluding hydrogens is 312 g/mol. The molecule has 0 saturated carbocycles. The first-order chi connectivity index (χ1) is 6.61. The summed E-state index contributed by atoms with van der Waals surface area (Å²) in [6, 6.07) is 3.53. The van der Waals surface area contributed by atoms with E-state index in [1.54, 1.807) is 12.3 Å². The molecule has 1 aromatic carbocycles. The summed E-state index contributed by atoms with van der Waals surface area (Å²) in [7, 11) is 0. The van der Waals surface area contributed by atoms with Gasteiger partial charge in [-0.3, -0.25) is 0 Å². The zero-order chi connectivity index (χ0) is 10.3. The van der Waals surface area contributed by atoms with Crippen molar-refractivity contribution in [3.05, 3.63) is 32.9 Å². The van der Waals surface area contributed by atoms with Crippen molar-refractivity contribution in [1.82, 2.24) is 0 Å². The second kappa shape index (κ2) is 3.59. The van der Waals surface area contributed by atoms with Gasteiger partial charge in [-0.25, -0.2) is 0 Å². The van der Waals surface area contributed by atoms with E-state index < -0.39 is 0 Å². The van der Waals surface area contributed by atoms with Gasteiger partial charge >= 0.3 is 0 Å². The molecule has 0 amide bonds. The molecule has 0 fully saturated rings. The maximum absolute atomic E-state index is 9.47. The lowest BCUT2D eigenvalue weighted by Gasteiger charge is -2.21. The Morgan fingerprint density at radius 1 is 1.36 bits per heavy atom. The maximum Gasteiger partial charge on any atom is 0.148 e. The largest absolute Gasteiger partial charge is 0.507 e. The lowest BCUT2D eigenvalue weighted by Crippen LogP contribution is -2.04. The Labute approximate surface area is 98.8 Å². The van der Waals surface area contributed by atoms with E-state index in [2.05, 4.69) is 38.8 Å². The van der Waals surface area contributed by atoms with Crippen molar-refractivity contribution in [3.63, 3.8) is 0 Å². The minimum absolute atomic E-state index is 0.197. The Morgan fingerprint density at radius 3 is 2.79 bits per heavy atom.